The largest absolute Gasteiger partial charge is 0.302 e. The van der Waals surface area contributed by atoms with Gasteiger partial charge in [0.05, 0.1) is 4.92 Å². The van der Waals surface area contributed by atoms with Crippen molar-refractivity contribution in [2.45, 2.75) is 49.2 Å². The van der Waals surface area contributed by atoms with E-state index < -0.39 is 4.92 Å². The summed E-state index contributed by atoms with van der Waals surface area (Å²) in [5.74, 6) is 0.730. The van der Waals surface area contributed by atoms with Gasteiger partial charge in [0, 0.05) is 28.1 Å². The molecule has 0 amide bonds. The highest BCUT2D eigenvalue weighted by Crippen LogP contribution is 2.33. The van der Waals surface area contributed by atoms with E-state index in [4.69, 9.17) is 16.9 Å². The maximum absolute atomic E-state index is 11.3. The van der Waals surface area contributed by atoms with Gasteiger partial charge in [-0.1, -0.05) is 37.8 Å². The van der Waals surface area contributed by atoms with Crippen molar-refractivity contribution >= 4 is 29.1 Å². The number of nitriles is 1. The number of hydrogen-bond acceptors (Lipinski definition) is 6. The zero-order valence-electron chi connectivity index (χ0n) is 16.4. The van der Waals surface area contributed by atoms with Gasteiger partial charge in [-0.15, -0.1) is 10.2 Å². The van der Waals surface area contributed by atoms with E-state index in [0.717, 1.165) is 43.6 Å². The van der Waals surface area contributed by atoms with Crippen molar-refractivity contribution < 1.29 is 4.92 Å². The summed E-state index contributed by atoms with van der Waals surface area (Å²) in [6, 6.07) is 13.8. The molecule has 0 saturated heterocycles. The highest BCUT2D eigenvalue weighted by molar-refractivity contribution is 7.99. The maximum atomic E-state index is 11.3. The number of rotatable bonds is 9. The van der Waals surface area contributed by atoms with Crippen molar-refractivity contribution in [3.8, 4) is 17.5 Å². The normalized spacial score (nSPS) is 10.7. The van der Waals surface area contributed by atoms with Crippen LogP contribution in [0.25, 0.3) is 11.4 Å². The molecule has 0 spiro atoms. The van der Waals surface area contributed by atoms with Crippen LogP contribution in [0.4, 0.5) is 5.69 Å². The Morgan fingerprint density at radius 2 is 1.93 bits per heavy atom. The quantitative estimate of drug-likeness (QED) is 0.225. The molecule has 0 atom stereocenters. The average Bonchev–Trinajstić information content (AvgIpc) is 3.14. The van der Waals surface area contributed by atoms with Crippen LogP contribution in [0.5, 0.6) is 0 Å². The number of aromatic nitrogens is 3. The van der Waals surface area contributed by atoms with E-state index in [0.29, 0.717) is 15.1 Å². The molecule has 0 radical (unpaired) electrons. The third-order valence-electron chi connectivity index (χ3n) is 4.55. The van der Waals surface area contributed by atoms with Crippen LogP contribution in [0, 0.1) is 21.4 Å². The number of nitrogens with zero attached hydrogens (tertiary/aromatic N) is 5. The zero-order valence-corrected chi connectivity index (χ0v) is 18.0. The molecule has 9 heteroatoms. The van der Waals surface area contributed by atoms with Gasteiger partial charge in [0.2, 0.25) is 0 Å². The minimum atomic E-state index is -0.544. The summed E-state index contributed by atoms with van der Waals surface area (Å²) >= 11 is 7.31. The molecule has 2 aromatic carbocycles. The number of unbranched alkanes of at least 4 members (excludes halogenated alkanes) is 3. The van der Waals surface area contributed by atoms with Gasteiger partial charge in [-0.3, -0.25) is 10.1 Å². The fourth-order valence-electron chi connectivity index (χ4n) is 3.00. The van der Waals surface area contributed by atoms with Crippen LogP contribution in [-0.2, 0) is 6.54 Å². The van der Waals surface area contributed by atoms with E-state index in [1.807, 2.05) is 34.9 Å². The first kappa shape index (κ1) is 21.8. The first-order chi connectivity index (χ1) is 14.5. The molecule has 0 bridgehead atoms. The molecule has 0 aliphatic carbocycles. The highest BCUT2D eigenvalue weighted by atomic mass is 35.5. The van der Waals surface area contributed by atoms with E-state index in [2.05, 4.69) is 17.1 Å². The molecule has 0 fully saturated rings. The molecule has 154 valence electrons. The van der Waals surface area contributed by atoms with Gasteiger partial charge in [-0.05, 0) is 54.6 Å². The van der Waals surface area contributed by atoms with Crippen molar-refractivity contribution in [1.29, 1.82) is 5.26 Å². The molecule has 1 aromatic heterocycles. The molecule has 1 heterocycles. The smallest absolute Gasteiger partial charge is 0.288 e. The summed E-state index contributed by atoms with van der Waals surface area (Å²) in [5, 5.41) is 30.4. The predicted octanol–water partition coefficient (Wildman–Crippen LogP) is 6.11. The molecule has 3 rings (SSSR count). The van der Waals surface area contributed by atoms with Gasteiger partial charge < -0.3 is 4.57 Å². The number of nitro groups is 1. The van der Waals surface area contributed by atoms with Gasteiger partial charge in [0.1, 0.15) is 11.6 Å². The third kappa shape index (κ3) is 5.17. The number of benzene rings is 2. The minimum Gasteiger partial charge on any atom is -0.302 e. The standard InChI is InChI=1S/C21H20ClN5O2S/c1-2-3-4-5-12-26-20(15-6-9-17(22)10-7-15)24-25-21(26)30-18-11-8-16(14-23)19(13-18)27(28)29/h6-11,13H,2-5,12H2,1H3. The topological polar surface area (TPSA) is 97.6 Å². The number of halogens is 1. The van der Waals surface area contributed by atoms with Gasteiger partial charge >= 0.3 is 0 Å². The number of nitro benzene ring substituents is 1. The van der Waals surface area contributed by atoms with Crippen LogP contribution in [-0.4, -0.2) is 19.7 Å². The maximum Gasteiger partial charge on any atom is 0.288 e. The third-order valence-corrected chi connectivity index (χ3v) is 5.78. The second-order valence-electron chi connectivity index (χ2n) is 6.68. The second kappa shape index (κ2) is 10.2. The molecule has 0 unspecified atom stereocenters. The van der Waals surface area contributed by atoms with Gasteiger partial charge in [0.25, 0.3) is 5.69 Å². The first-order valence-corrected chi connectivity index (χ1v) is 10.8. The van der Waals surface area contributed by atoms with E-state index in [1.54, 1.807) is 6.07 Å². The Kier molecular flexibility index (Phi) is 7.44. The molecule has 0 N–H and O–H groups in total. The van der Waals surface area contributed by atoms with E-state index in [9.17, 15) is 10.1 Å². The first-order valence-electron chi connectivity index (χ1n) is 9.59. The zero-order chi connectivity index (χ0) is 21.5. The Balaban J connectivity index is 1.94. The van der Waals surface area contributed by atoms with Crippen LogP contribution in [0.3, 0.4) is 0 Å². The molecule has 0 aliphatic heterocycles. The summed E-state index contributed by atoms with van der Waals surface area (Å²) in [5.41, 5.74) is 0.724. The molecule has 7 nitrogen and oxygen atoms in total. The van der Waals surface area contributed by atoms with Crippen LogP contribution in [0.1, 0.15) is 38.2 Å². The van der Waals surface area contributed by atoms with Crippen LogP contribution in [0.15, 0.2) is 52.5 Å². The number of hydrogen-bond donors (Lipinski definition) is 0. The Morgan fingerprint density at radius 3 is 2.60 bits per heavy atom. The van der Waals surface area contributed by atoms with Crippen LogP contribution in [0.2, 0.25) is 5.02 Å². The second-order valence-corrected chi connectivity index (χ2v) is 8.15. The summed E-state index contributed by atoms with van der Waals surface area (Å²) in [6.07, 6.45) is 4.38. The van der Waals surface area contributed by atoms with Crippen molar-refractivity contribution in [1.82, 2.24) is 14.8 Å². The van der Waals surface area contributed by atoms with E-state index in [-0.39, 0.29) is 11.3 Å². The predicted molar refractivity (Wildman–Crippen MR) is 117 cm³/mol. The summed E-state index contributed by atoms with van der Waals surface area (Å²) < 4.78 is 2.04. The van der Waals surface area contributed by atoms with Crippen LogP contribution >= 0.6 is 23.4 Å². The summed E-state index contributed by atoms with van der Waals surface area (Å²) in [4.78, 5) is 11.4. The lowest BCUT2D eigenvalue weighted by Gasteiger charge is -2.10. The summed E-state index contributed by atoms with van der Waals surface area (Å²) in [6.45, 7) is 2.91. The lowest BCUT2D eigenvalue weighted by atomic mass is 10.2. The van der Waals surface area contributed by atoms with Crippen molar-refractivity contribution in [3.05, 3.63) is 63.2 Å². The fourth-order valence-corrected chi connectivity index (χ4v) is 4.01. The lowest BCUT2D eigenvalue weighted by molar-refractivity contribution is -0.385. The molecular weight excluding hydrogens is 422 g/mol. The van der Waals surface area contributed by atoms with E-state index in [1.165, 1.54) is 23.9 Å². The van der Waals surface area contributed by atoms with Gasteiger partial charge in [-0.25, -0.2) is 0 Å². The van der Waals surface area contributed by atoms with Gasteiger partial charge in [0.15, 0.2) is 11.0 Å². The fraction of sp³-hybridized carbons (Fsp3) is 0.286. The molecule has 30 heavy (non-hydrogen) atoms. The Hall–Kier alpha value is -2.89. The lowest BCUT2D eigenvalue weighted by Crippen LogP contribution is -2.03. The SMILES string of the molecule is CCCCCCn1c(Sc2ccc(C#N)c([N+](=O)[O-])c2)nnc1-c1ccc(Cl)cc1. The molecular formula is C21H20ClN5O2S. The molecule has 0 saturated carbocycles. The Bertz CT molecular complexity index is 1080. The van der Waals surface area contributed by atoms with Crippen molar-refractivity contribution in [2.24, 2.45) is 0 Å². The van der Waals surface area contributed by atoms with Crippen molar-refractivity contribution in [2.75, 3.05) is 0 Å². The Labute approximate surface area is 183 Å². The van der Waals surface area contributed by atoms with Gasteiger partial charge in [-0.2, -0.15) is 5.26 Å². The molecule has 3 aromatic rings. The van der Waals surface area contributed by atoms with Crippen LogP contribution < -0.4 is 0 Å². The average molecular weight is 442 g/mol. The molecule has 0 aliphatic rings. The highest BCUT2D eigenvalue weighted by Gasteiger charge is 2.18. The summed E-state index contributed by atoms with van der Waals surface area (Å²) in [7, 11) is 0. The van der Waals surface area contributed by atoms with E-state index >= 15 is 0 Å². The Morgan fingerprint density at radius 1 is 1.17 bits per heavy atom. The van der Waals surface area contributed by atoms with Crippen molar-refractivity contribution in [3.63, 3.8) is 0 Å². The monoisotopic (exact) mass is 441 g/mol. The minimum absolute atomic E-state index is 0.0345.